The average molecular weight is 269 g/mol. The molecule has 0 bridgehead atoms. The molecule has 1 rings (SSSR count). The summed E-state index contributed by atoms with van der Waals surface area (Å²) in [6.45, 7) is 3.72. The summed E-state index contributed by atoms with van der Waals surface area (Å²) in [4.78, 5) is 0. The van der Waals surface area contributed by atoms with Crippen molar-refractivity contribution in [3.63, 3.8) is 0 Å². The predicted molar refractivity (Wildman–Crippen MR) is 75.2 cm³/mol. The molecule has 0 aromatic heterocycles. The number of hydrogen-bond acceptors (Lipinski definition) is 3. The van der Waals surface area contributed by atoms with Crippen molar-refractivity contribution in [3.8, 4) is 5.75 Å². The SMILES string of the molecule is CCCNC(CCOC)Cc1cccc(OC)c1F. The zero-order valence-electron chi connectivity index (χ0n) is 12.0. The molecule has 19 heavy (non-hydrogen) atoms. The highest BCUT2D eigenvalue weighted by Crippen LogP contribution is 2.21. The lowest BCUT2D eigenvalue weighted by Crippen LogP contribution is -2.33. The minimum Gasteiger partial charge on any atom is -0.494 e. The summed E-state index contributed by atoms with van der Waals surface area (Å²) in [5.74, 6) is 0.0456. The van der Waals surface area contributed by atoms with E-state index in [2.05, 4.69) is 12.2 Å². The fourth-order valence-electron chi connectivity index (χ4n) is 2.02. The molecule has 1 atom stereocenters. The summed E-state index contributed by atoms with van der Waals surface area (Å²) in [6.07, 6.45) is 2.57. The fraction of sp³-hybridized carbons (Fsp3) is 0.600. The summed E-state index contributed by atoms with van der Waals surface area (Å²) in [7, 11) is 3.17. The lowest BCUT2D eigenvalue weighted by Gasteiger charge is -2.19. The zero-order valence-corrected chi connectivity index (χ0v) is 12.0. The summed E-state index contributed by atoms with van der Waals surface area (Å²) in [5.41, 5.74) is 0.684. The molecule has 0 aliphatic heterocycles. The Morgan fingerprint density at radius 2 is 2.11 bits per heavy atom. The van der Waals surface area contributed by atoms with E-state index in [0.717, 1.165) is 19.4 Å². The van der Waals surface area contributed by atoms with Crippen LogP contribution in [0.5, 0.6) is 5.75 Å². The molecule has 0 saturated heterocycles. The van der Waals surface area contributed by atoms with E-state index in [-0.39, 0.29) is 11.9 Å². The molecule has 0 aliphatic carbocycles. The molecule has 0 radical (unpaired) electrons. The molecule has 0 aliphatic rings. The van der Waals surface area contributed by atoms with Gasteiger partial charge in [-0.05, 0) is 37.4 Å². The molecule has 0 fully saturated rings. The number of ether oxygens (including phenoxy) is 2. The van der Waals surface area contributed by atoms with E-state index >= 15 is 0 Å². The molecule has 4 heteroatoms. The maximum absolute atomic E-state index is 14.1. The number of rotatable bonds is 9. The number of benzene rings is 1. The molecule has 0 heterocycles. The van der Waals surface area contributed by atoms with Crippen molar-refractivity contribution < 1.29 is 13.9 Å². The Morgan fingerprint density at radius 3 is 2.74 bits per heavy atom. The van der Waals surface area contributed by atoms with Gasteiger partial charge in [-0.2, -0.15) is 0 Å². The van der Waals surface area contributed by atoms with Gasteiger partial charge in [0.15, 0.2) is 11.6 Å². The van der Waals surface area contributed by atoms with Gasteiger partial charge in [0.1, 0.15) is 0 Å². The Morgan fingerprint density at radius 1 is 1.32 bits per heavy atom. The van der Waals surface area contributed by atoms with Gasteiger partial charge in [0.2, 0.25) is 0 Å². The van der Waals surface area contributed by atoms with Crippen LogP contribution in [0, 0.1) is 5.82 Å². The third kappa shape index (κ3) is 5.17. The predicted octanol–water partition coefficient (Wildman–Crippen LogP) is 2.78. The van der Waals surface area contributed by atoms with Crippen molar-refractivity contribution in [2.24, 2.45) is 0 Å². The van der Waals surface area contributed by atoms with E-state index in [9.17, 15) is 4.39 Å². The maximum atomic E-state index is 14.1. The van der Waals surface area contributed by atoms with Gasteiger partial charge in [0.25, 0.3) is 0 Å². The Bertz CT molecular complexity index is 363. The van der Waals surface area contributed by atoms with Gasteiger partial charge in [0.05, 0.1) is 7.11 Å². The van der Waals surface area contributed by atoms with Crippen LogP contribution >= 0.6 is 0 Å². The molecule has 0 amide bonds. The highest BCUT2D eigenvalue weighted by atomic mass is 19.1. The number of hydrogen-bond donors (Lipinski definition) is 1. The van der Waals surface area contributed by atoms with Crippen molar-refractivity contribution in [2.75, 3.05) is 27.4 Å². The van der Waals surface area contributed by atoms with E-state index in [0.29, 0.717) is 24.3 Å². The van der Waals surface area contributed by atoms with Crippen LogP contribution in [0.25, 0.3) is 0 Å². The minimum absolute atomic E-state index is 0.224. The molecule has 1 aromatic carbocycles. The maximum Gasteiger partial charge on any atom is 0.168 e. The molecule has 108 valence electrons. The third-order valence-corrected chi connectivity index (χ3v) is 3.08. The van der Waals surface area contributed by atoms with Gasteiger partial charge in [-0.3, -0.25) is 0 Å². The van der Waals surface area contributed by atoms with Gasteiger partial charge in [-0.15, -0.1) is 0 Å². The van der Waals surface area contributed by atoms with Crippen LogP contribution in [0.1, 0.15) is 25.3 Å². The smallest absolute Gasteiger partial charge is 0.168 e. The molecule has 3 nitrogen and oxygen atoms in total. The van der Waals surface area contributed by atoms with Gasteiger partial charge in [0, 0.05) is 19.8 Å². The van der Waals surface area contributed by atoms with Crippen molar-refractivity contribution in [1.29, 1.82) is 0 Å². The Labute approximate surface area is 115 Å². The van der Waals surface area contributed by atoms with Crippen molar-refractivity contribution in [1.82, 2.24) is 5.32 Å². The van der Waals surface area contributed by atoms with E-state index in [1.54, 1.807) is 13.2 Å². The normalized spacial score (nSPS) is 12.4. The van der Waals surface area contributed by atoms with Gasteiger partial charge in [-0.25, -0.2) is 4.39 Å². The van der Waals surface area contributed by atoms with Crippen molar-refractivity contribution in [2.45, 2.75) is 32.2 Å². The van der Waals surface area contributed by atoms with Crippen LogP contribution in [0.2, 0.25) is 0 Å². The first-order valence-corrected chi connectivity index (χ1v) is 6.76. The monoisotopic (exact) mass is 269 g/mol. The van der Waals surface area contributed by atoms with Crippen molar-refractivity contribution in [3.05, 3.63) is 29.6 Å². The molecule has 0 saturated carbocycles. The number of nitrogens with one attached hydrogen (secondary N) is 1. The average Bonchev–Trinajstić information content (AvgIpc) is 2.43. The van der Waals surface area contributed by atoms with Gasteiger partial charge in [-0.1, -0.05) is 19.1 Å². The Hall–Kier alpha value is -1.13. The van der Waals surface area contributed by atoms with Gasteiger partial charge < -0.3 is 14.8 Å². The largest absolute Gasteiger partial charge is 0.494 e. The van der Waals surface area contributed by atoms with Crippen molar-refractivity contribution >= 4 is 0 Å². The van der Waals surface area contributed by atoms with Crippen LogP contribution in [0.15, 0.2) is 18.2 Å². The Balaban J connectivity index is 2.71. The first-order valence-electron chi connectivity index (χ1n) is 6.76. The molecule has 0 spiro atoms. The molecule has 1 aromatic rings. The van der Waals surface area contributed by atoms with Crippen LogP contribution in [-0.4, -0.2) is 33.4 Å². The summed E-state index contributed by atoms with van der Waals surface area (Å²) in [6, 6.07) is 5.50. The third-order valence-electron chi connectivity index (χ3n) is 3.08. The van der Waals surface area contributed by atoms with Gasteiger partial charge >= 0.3 is 0 Å². The second-order valence-corrected chi connectivity index (χ2v) is 4.57. The second kappa shape index (κ2) is 8.88. The molecule has 1 N–H and O–H groups in total. The summed E-state index contributed by atoms with van der Waals surface area (Å²) in [5, 5.41) is 3.43. The topological polar surface area (TPSA) is 30.5 Å². The van der Waals surface area contributed by atoms with Crippen LogP contribution < -0.4 is 10.1 Å². The van der Waals surface area contributed by atoms with E-state index in [1.807, 2.05) is 12.1 Å². The van der Waals surface area contributed by atoms with E-state index < -0.39 is 0 Å². The first kappa shape index (κ1) is 15.9. The summed E-state index contributed by atoms with van der Waals surface area (Å²) >= 11 is 0. The number of methoxy groups -OCH3 is 2. The highest BCUT2D eigenvalue weighted by Gasteiger charge is 2.14. The second-order valence-electron chi connectivity index (χ2n) is 4.57. The molecular formula is C15H24FNO2. The highest BCUT2D eigenvalue weighted by molar-refractivity contribution is 5.31. The van der Waals surface area contributed by atoms with E-state index in [4.69, 9.17) is 9.47 Å². The Kier molecular flexibility index (Phi) is 7.45. The lowest BCUT2D eigenvalue weighted by molar-refractivity contribution is 0.182. The standard InChI is InChI=1S/C15H24FNO2/c1-4-9-17-13(8-10-18-2)11-12-6-5-7-14(19-3)15(12)16/h5-7,13,17H,4,8-11H2,1-3H3. The molecular weight excluding hydrogens is 245 g/mol. The first-order chi connectivity index (χ1) is 9.22. The summed E-state index contributed by atoms with van der Waals surface area (Å²) < 4.78 is 24.2. The zero-order chi connectivity index (χ0) is 14.1. The molecule has 1 unspecified atom stereocenters. The number of halogens is 1. The van der Waals surface area contributed by atoms with Crippen LogP contribution in [-0.2, 0) is 11.2 Å². The lowest BCUT2D eigenvalue weighted by atomic mass is 10.0. The quantitative estimate of drug-likeness (QED) is 0.748. The van der Waals surface area contributed by atoms with Crippen LogP contribution in [0.3, 0.4) is 0 Å². The fourth-order valence-corrected chi connectivity index (χ4v) is 2.02. The minimum atomic E-state index is -0.259. The van der Waals surface area contributed by atoms with E-state index in [1.165, 1.54) is 7.11 Å². The van der Waals surface area contributed by atoms with Crippen LogP contribution in [0.4, 0.5) is 4.39 Å².